The fourth-order valence-corrected chi connectivity index (χ4v) is 3.00. The molecule has 2 aliphatic rings. The van der Waals surface area contributed by atoms with Crippen LogP contribution in [-0.4, -0.2) is 57.6 Å². The number of benzene rings is 1. The van der Waals surface area contributed by atoms with Crippen LogP contribution >= 0.6 is 7.60 Å². The highest BCUT2D eigenvalue weighted by Crippen LogP contribution is 2.36. The van der Waals surface area contributed by atoms with E-state index < -0.39 is 25.8 Å². The molecule has 0 spiro atoms. The first kappa shape index (κ1) is 18.6. The molecule has 2 heterocycles. The molecule has 0 saturated carbocycles. The Hall–Kier alpha value is -1.73. The molecule has 24 heavy (non-hydrogen) atoms. The van der Waals surface area contributed by atoms with E-state index in [1.807, 2.05) is 30.3 Å². The third-order valence-corrected chi connectivity index (χ3v) is 4.15. The van der Waals surface area contributed by atoms with Crippen molar-refractivity contribution in [3.8, 4) is 0 Å². The van der Waals surface area contributed by atoms with Crippen LogP contribution in [0.5, 0.6) is 0 Å². The molecule has 132 valence electrons. The summed E-state index contributed by atoms with van der Waals surface area (Å²) in [5.74, 6) is -0.593. The van der Waals surface area contributed by atoms with Gasteiger partial charge in [-0.15, -0.1) is 0 Å². The topological polar surface area (TPSA) is 107 Å². The van der Waals surface area contributed by atoms with E-state index in [-0.39, 0.29) is 13.1 Å². The lowest BCUT2D eigenvalue weighted by molar-refractivity contribution is -0.124. The molecule has 2 fully saturated rings. The first-order chi connectivity index (χ1) is 11.4. The first-order valence-corrected chi connectivity index (χ1v) is 9.42. The van der Waals surface area contributed by atoms with Crippen molar-refractivity contribution in [1.82, 2.24) is 9.80 Å². The number of hydrogen-bond acceptors (Lipinski definition) is 4. The zero-order valence-corrected chi connectivity index (χ0v) is 14.1. The summed E-state index contributed by atoms with van der Waals surface area (Å²) in [5, 5.41) is 0. The average molecular weight is 356 g/mol. The third kappa shape index (κ3) is 5.72. The molecular weight excluding hydrogens is 335 g/mol. The van der Waals surface area contributed by atoms with E-state index in [4.69, 9.17) is 14.5 Å². The highest BCUT2D eigenvalue weighted by molar-refractivity contribution is 7.51. The number of urea groups is 1. The van der Waals surface area contributed by atoms with Gasteiger partial charge in [0.2, 0.25) is 0 Å². The Bertz CT molecular complexity index is 606. The van der Waals surface area contributed by atoms with Gasteiger partial charge in [0, 0.05) is 19.8 Å². The smallest absolute Gasteiger partial charge is 0.345 e. The Labute approximate surface area is 140 Å². The van der Waals surface area contributed by atoms with Crippen molar-refractivity contribution >= 4 is 19.5 Å². The van der Waals surface area contributed by atoms with Crippen molar-refractivity contribution in [2.75, 3.05) is 26.0 Å². The van der Waals surface area contributed by atoms with E-state index in [0.29, 0.717) is 4.90 Å². The second-order valence-electron chi connectivity index (χ2n) is 5.57. The molecule has 9 heteroatoms. The number of amides is 3. The molecule has 0 radical (unpaired) electrons. The largest absolute Gasteiger partial charge is 0.381 e. The minimum atomic E-state index is -4.44. The molecule has 1 aromatic carbocycles. The Morgan fingerprint density at radius 2 is 1.71 bits per heavy atom. The van der Waals surface area contributed by atoms with E-state index in [1.54, 1.807) is 0 Å². The molecule has 8 nitrogen and oxygen atoms in total. The van der Waals surface area contributed by atoms with Crippen LogP contribution in [0.25, 0.3) is 0 Å². The molecule has 0 unspecified atom stereocenters. The summed E-state index contributed by atoms with van der Waals surface area (Å²) in [6.07, 6.45) is 1.69. The fourth-order valence-electron chi connectivity index (χ4n) is 2.35. The van der Waals surface area contributed by atoms with E-state index in [0.717, 1.165) is 18.8 Å². The van der Waals surface area contributed by atoms with E-state index >= 15 is 0 Å². The number of imide groups is 1. The second kappa shape index (κ2) is 8.39. The number of carbonyl (C=O) groups excluding carboxylic acids is 2. The molecular formula is C15H21N2O6P. The van der Waals surface area contributed by atoms with E-state index in [2.05, 4.69) is 0 Å². The van der Waals surface area contributed by atoms with Gasteiger partial charge in [0.05, 0.1) is 0 Å². The van der Waals surface area contributed by atoms with Gasteiger partial charge in [0.25, 0.3) is 5.91 Å². The van der Waals surface area contributed by atoms with Gasteiger partial charge < -0.3 is 19.4 Å². The lowest BCUT2D eigenvalue weighted by Crippen LogP contribution is -2.33. The lowest BCUT2D eigenvalue weighted by atomic mass is 10.2. The lowest BCUT2D eigenvalue weighted by Gasteiger charge is -2.17. The van der Waals surface area contributed by atoms with Crippen LogP contribution in [0.3, 0.4) is 0 Å². The number of nitrogens with zero attached hydrogens (tertiary/aromatic N) is 2. The molecule has 0 atom stereocenters. The van der Waals surface area contributed by atoms with Crippen LogP contribution in [-0.2, 0) is 20.6 Å². The maximum Gasteiger partial charge on any atom is 0.345 e. The zero-order valence-electron chi connectivity index (χ0n) is 13.2. The summed E-state index contributed by atoms with van der Waals surface area (Å²) in [6.45, 7) is 2.08. The molecule has 2 saturated heterocycles. The summed E-state index contributed by atoms with van der Waals surface area (Å²) in [6, 6.07) is 8.40. The van der Waals surface area contributed by atoms with Crippen LogP contribution in [0.4, 0.5) is 4.79 Å². The summed E-state index contributed by atoms with van der Waals surface area (Å²) in [4.78, 5) is 43.0. The van der Waals surface area contributed by atoms with Crippen molar-refractivity contribution in [3.05, 3.63) is 35.9 Å². The molecule has 0 aromatic heterocycles. The fraction of sp³-hybridized carbons (Fsp3) is 0.467. The Morgan fingerprint density at radius 3 is 2.21 bits per heavy atom. The summed E-state index contributed by atoms with van der Waals surface area (Å²) in [5.41, 5.74) is 0.849. The highest BCUT2D eigenvalue weighted by Gasteiger charge is 2.39. The van der Waals surface area contributed by atoms with Gasteiger partial charge in [0.1, 0.15) is 12.8 Å². The van der Waals surface area contributed by atoms with E-state index in [9.17, 15) is 14.2 Å². The Kier molecular flexibility index (Phi) is 6.51. The summed E-state index contributed by atoms with van der Waals surface area (Å²) < 4.78 is 15.8. The van der Waals surface area contributed by atoms with Crippen molar-refractivity contribution in [1.29, 1.82) is 0 Å². The van der Waals surface area contributed by atoms with Crippen LogP contribution in [0.15, 0.2) is 30.3 Å². The van der Waals surface area contributed by atoms with Gasteiger partial charge >= 0.3 is 13.6 Å². The molecule has 0 aliphatic carbocycles. The van der Waals surface area contributed by atoms with Crippen molar-refractivity contribution < 1.29 is 28.7 Å². The number of carbonyl (C=O) groups is 2. The molecule has 2 aliphatic heterocycles. The first-order valence-electron chi connectivity index (χ1n) is 7.62. The molecule has 3 rings (SSSR count). The zero-order chi connectivity index (χ0) is 17.6. The van der Waals surface area contributed by atoms with Gasteiger partial charge in [0.15, 0.2) is 0 Å². The van der Waals surface area contributed by atoms with Gasteiger partial charge in [-0.1, -0.05) is 30.3 Å². The van der Waals surface area contributed by atoms with E-state index in [1.165, 1.54) is 17.7 Å². The van der Waals surface area contributed by atoms with Gasteiger partial charge in [-0.05, 0) is 18.4 Å². The minimum Gasteiger partial charge on any atom is -0.381 e. The molecule has 0 bridgehead atoms. The van der Waals surface area contributed by atoms with Gasteiger partial charge in [-0.3, -0.25) is 14.3 Å². The van der Waals surface area contributed by atoms with Gasteiger partial charge in [-0.2, -0.15) is 0 Å². The van der Waals surface area contributed by atoms with Crippen molar-refractivity contribution in [3.63, 3.8) is 0 Å². The molecule has 2 N–H and O–H groups in total. The quantitative estimate of drug-likeness (QED) is 0.623. The predicted octanol–water partition coefficient (Wildman–Crippen LogP) is 1.38. The average Bonchev–Trinajstić information content (AvgIpc) is 3.17. The maximum atomic E-state index is 11.9. The standard InChI is InChI=1S/C11H13N2O5P.C4H8O/c14-10-7-12(6-9-4-2-1-3-5-9)11(15)13(10)8-19(16,17)18;1-2-4-5-3-1/h1-5H,6-8H2,(H2,16,17,18);1-4H2. The van der Waals surface area contributed by atoms with Crippen LogP contribution < -0.4 is 0 Å². The van der Waals surface area contributed by atoms with Crippen LogP contribution in [0.1, 0.15) is 18.4 Å². The predicted molar refractivity (Wildman–Crippen MR) is 86.1 cm³/mol. The summed E-state index contributed by atoms with van der Waals surface area (Å²) in [7, 11) is -4.44. The third-order valence-electron chi connectivity index (χ3n) is 3.50. The Morgan fingerprint density at radius 1 is 1.08 bits per heavy atom. The van der Waals surface area contributed by atoms with Crippen molar-refractivity contribution in [2.45, 2.75) is 19.4 Å². The molecule has 1 aromatic rings. The maximum absolute atomic E-state index is 11.9. The monoisotopic (exact) mass is 356 g/mol. The number of rotatable bonds is 4. The van der Waals surface area contributed by atoms with Gasteiger partial charge in [-0.25, -0.2) is 4.79 Å². The number of ether oxygens (including phenoxy) is 1. The normalized spacial score (nSPS) is 17.9. The second-order valence-corrected chi connectivity index (χ2v) is 7.18. The highest BCUT2D eigenvalue weighted by atomic mass is 31.2. The van der Waals surface area contributed by atoms with Crippen LogP contribution in [0, 0.1) is 0 Å². The summed E-state index contributed by atoms with van der Waals surface area (Å²) >= 11 is 0. The SMILES string of the molecule is C1CCOC1.O=C1CN(Cc2ccccc2)C(=O)N1CP(=O)(O)O. The Balaban J connectivity index is 0.000000355. The number of hydrogen-bond donors (Lipinski definition) is 2. The minimum absolute atomic E-state index is 0.159. The van der Waals surface area contributed by atoms with Crippen molar-refractivity contribution in [2.24, 2.45) is 0 Å². The van der Waals surface area contributed by atoms with Crippen LogP contribution in [0.2, 0.25) is 0 Å². The molecule has 3 amide bonds.